The molecule has 1 saturated heterocycles. The van der Waals surface area contributed by atoms with Crippen LogP contribution in [-0.2, 0) is 11.2 Å². The number of amides is 1. The lowest BCUT2D eigenvalue weighted by Gasteiger charge is -2.36. The number of anilines is 1. The molecule has 0 unspecified atom stereocenters. The lowest BCUT2D eigenvalue weighted by Crippen LogP contribution is -2.49. The predicted molar refractivity (Wildman–Crippen MR) is 117 cm³/mol. The molecule has 0 atom stereocenters. The van der Waals surface area contributed by atoms with Gasteiger partial charge in [-0.25, -0.2) is 4.79 Å². The van der Waals surface area contributed by atoms with Gasteiger partial charge in [0.25, 0.3) is 0 Å². The Labute approximate surface area is 175 Å². The second kappa shape index (κ2) is 8.22. The molecule has 1 aliphatic heterocycles. The highest BCUT2D eigenvalue weighted by Gasteiger charge is 2.24. The smallest absolute Gasteiger partial charge is 0.340 e. The van der Waals surface area contributed by atoms with Gasteiger partial charge < -0.3 is 19.0 Å². The van der Waals surface area contributed by atoms with Crippen molar-refractivity contribution in [2.75, 3.05) is 38.2 Å². The third kappa shape index (κ3) is 3.65. The molecule has 4 rings (SSSR count). The highest BCUT2D eigenvalue weighted by Crippen LogP contribution is 2.29. The van der Waals surface area contributed by atoms with E-state index in [0.717, 1.165) is 29.6 Å². The number of benzene rings is 2. The molecule has 0 bridgehead atoms. The van der Waals surface area contributed by atoms with E-state index in [9.17, 15) is 9.59 Å². The van der Waals surface area contributed by atoms with Crippen LogP contribution in [0.1, 0.15) is 16.7 Å². The number of nitrogens with zero attached hydrogens (tertiary/aromatic N) is 2. The Morgan fingerprint density at radius 1 is 1.00 bits per heavy atom. The lowest BCUT2D eigenvalue weighted by molar-refractivity contribution is -0.130. The van der Waals surface area contributed by atoms with Crippen molar-refractivity contribution in [3.05, 3.63) is 69.6 Å². The number of carbonyl (C=O) groups is 1. The van der Waals surface area contributed by atoms with Crippen molar-refractivity contribution in [3.63, 3.8) is 0 Å². The molecule has 156 valence electrons. The van der Waals surface area contributed by atoms with E-state index in [4.69, 9.17) is 9.15 Å². The molecule has 0 aliphatic carbocycles. The van der Waals surface area contributed by atoms with Crippen LogP contribution in [0.15, 0.2) is 51.7 Å². The fourth-order valence-corrected chi connectivity index (χ4v) is 4.11. The third-order valence-electron chi connectivity index (χ3n) is 5.96. The van der Waals surface area contributed by atoms with E-state index in [2.05, 4.69) is 17.0 Å². The summed E-state index contributed by atoms with van der Waals surface area (Å²) >= 11 is 0. The van der Waals surface area contributed by atoms with Gasteiger partial charge in [0.1, 0.15) is 11.3 Å². The Hall–Kier alpha value is -3.28. The number of aryl methyl sites for hydroxylation is 2. The Bertz CT molecular complexity index is 1130. The van der Waals surface area contributed by atoms with Crippen molar-refractivity contribution < 1.29 is 13.9 Å². The van der Waals surface area contributed by atoms with E-state index >= 15 is 0 Å². The molecule has 1 aromatic heterocycles. The molecule has 3 aromatic rings. The molecule has 0 spiro atoms. The van der Waals surface area contributed by atoms with Crippen LogP contribution in [0, 0.1) is 13.8 Å². The molecule has 0 radical (unpaired) electrons. The molecule has 0 N–H and O–H groups in total. The average molecular weight is 406 g/mol. The van der Waals surface area contributed by atoms with Crippen LogP contribution in [0.2, 0.25) is 0 Å². The van der Waals surface area contributed by atoms with Crippen molar-refractivity contribution in [1.82, 2.24) is 4.90 Å². The van der Waals surface area contributed by atoms with Crippen molar-refractivity contribution in [1.29, 1.82) is 0 Å². The van der Waals surface area contributed by atoms with E-state index < -0.39 is 5.63 Å². The van der Waals surface area contributed by atoms with Gasteiger partial charge in [0, 0.05) is 42.8 Å². The maximum Gasteiger partial charge on any atom is 0.340 e. The number of methoxy groups -OCH3 is 1. The van der Waals surface area contributed by atoms with Gasteiger partial charge in [-0.3, -0.25) is 4.79 Å². The van der Waals surface area contributed by atoms with Crippen LogP contribution < -0.4 is 15.3 Å². The summed E-state index contributed by atoms with van der Waals surface area (Å²) in [6.07, 6.45) is 0.0561. The van der Waals surface area contributed by atoms with E-state index in [1.165, 1.54) is 5.69 Å². The van der Waals surface area contributed by atoms with Gasteiger partial charge >= 0.3 is 5.63 Å². The van der Waals surface area contributed by atoms with Gasteiger partial charge in [-0.1, -0.05) is 18.2 Å². The van der Waals surface area contributed by atoms with Crippen molar-refractivity contribution >= 4 is 22.6 Å². The van der Waals surface area contributed by atoms with Crippen molar-refractivity contribution in [3.8, 4) is 5.75 Å². The lowest BCUT2D eigenvalue weighted by atomic mass is 10.0. The Kier molecular flexibility index (Phi) is 5.48. The largest absolute Gasteiger partial charge is 0.496 e. The normalized spacial score (nSPS) is 14.2. The fourth-order valence-electron chi connectivity index (χ4n) is 4.11. The topological polar surface area (TPSA) is 63.0 Å². The van der Waals surface area contributed by atoms with E-state index in [0.29, 0.717) is 30.0 Å². The average Bonchev–Trinajstić information content (AvgIpc) is 2.78. The summed E-state index contributed by atoms with van der Waals surface area (Å²) in [6.45, 7) is 6.58. The quantitative estimate of drug-likeness (QED) is 0.622. The van der Waals surface area contributed by atoms with Gasteiger partial charge in [-0.15, -0.1) is 0 Å². The number of para-hydroxylation sites is 1. The molecule has 6 nitrogen and oxygen atoms in total. The number of carbonyl (C=O) groups excluding carboxylic acids is 1. The molecule has 2 aromatic carbocycles. The Morgan fingerprint density at radius 2 is 1.70 bits per heavy atom. The van der Waals surface area contributed by atoms with Crippen LogP contribution in [-0.4, -0.2) is 44.1 Å². The second-order valence-electron chi connectivity index (χ2n) is 7.64. The minimum Gasteiger partial charge on any atom is -0.496 e. The summed E-state index contributed by atoms with van der Waals surface area (Å²) in [7, 11) is 1.59. The molecule has 2 heterocycles. The summed E-state index contributed by atoms with van der Waals surface area (Å²) in [6, 6.07) is 13.9. The fraction of sp³-hybridized carbons (Fsp3) is 0.333. The molecule has 30 heavy (non-hydrogen) atoms. The van der Waals surface area contributed by atoms with Gasteiger partial charge in [0.2, 0.25) is 5.91 Å². The summed E-state index contributed by atoms with van der Waals surface area (Å²) < 4.78 is 10.9. The minimum absolute atomic E-state index is 0.0392. The van der Waals surface area contributed by atoms with Crippen LogP contribution in [0.5, 0.6) is 5.75 Å². The predicted octanol–water partition coefficient (Wildman–Crippen LogP) is 3.31. The molecular weight excluding hydrogens is 380 g/mol. The Balaban J connectivity index is 1.52. The van der Waals surface area contributed by atoms with Crippen LogP contribution in [0.3, 0.4) is 0 Å². The standard InChI is InChI=1S/C24H26N2O4/c1-16-19-9-10-21(29-3)17(2)23(19)30-24(28)20(16)15-22(27)26-13-11-25(12-14-26)18-7-5-4-6-8-18/h4-10H,11-15H2,1-3H3. The molecular formula is C24H26N2O4. The molecule has 1 fully saturated rings. The van der Waals surface area contributed by atoms with Crippen LogP contribution in [0.25, 0.3) is 11.0 Å². The van der Waals surface area contributed by atoms with Gasteiger partial charge in [0.05, 0.1) is 19.1 Å². The molecule has 1 aliphatic rings. The third-order valence-corrected chi connectivity index (χ3v) is 5.96. The SMILES string of the molecule is COc1ccc2c(C)c(CC(=O)N3CCN(c4ccccc4)CC3)c(=O)oc2c1C. The maximum atomic E-state index is 12.9. The highest BCUT2D eigenvalue weighted by molar-refractivity contribution is 5.87. The first-order chi connectivity index (χ1) is 14.5. The number of fused-ring (bicyclic) bond motifs is 1. The van der Waals surface area contributed by atoms with Crippen molar-refractivity contribution in [2.45, 2.75) is 20.3 Å². The summed E-state index contributed by atoms with van der Waals surface area (Å²) in [5.41, 5.74) is 3.24. The first kappa shape index (κ1) is 20.0. The second-order valence-corrected chi connectivity index (χ2v) is 7.64. The molecule has 0 saturated carbocycles. The zero-order valence-corrected chi connectivity index (χ0v) is 17.6. The van der Waals surface area contributed by atoms with Crippen LogP contribution >= 0.6 is 0 Å². The van der Waals surface area contributed by atoms with Crippen LogP contribution in [0.4, 0.5) is 5.69 Å². The summed E-state index contributed by atoms with van der Waals surface area (Å²) in [4.78, 5) is 29.7. The van der Waals surface area contributed by atoms with Gasteiger partial charge in [-0.2, -0.15) is 0 Å². The molecule has 6 heteroatoms. The summed E-state index contributed by atoms with van der Waals surface area (Å²) in [5, 5.41) is 0.838. The maximum absolute atomic E-state index is 12.9. The molecule has 1 amide bonds. The van der Waals surface area contributed by atoms with E-state index in [1.807, 2.05) is 49.1 Å². The number of rotatable bonds is 4. The number of ether oxygens (including phenoxy) is 1. The Morgan fingerprint density at radius 3 is 2.37 bits per heavy atom. The monoisotopic (exact) mass is 406 g/mol. The van der Waals surface area contributed by atoms with Gasteiger partial charge in [0.15, 0.2) is 0 Å². The zero-order valence-electron chi connectivity index (χ0n) is 17.6. The van der Waals surface area contributed by atoms with E-state index in [1.54, 1.807) is 7.11 Å². The number of hydrogen-bond donors (Lipinski definition) is 0. The van der Waals surface area contributed by atoms with Gasteiger partial charge in [-0.05, 0) is 43.7 Å². The van der Waals surface area contributed by atoms with Crippen molar-refractivity contribution in [2.24, 2.45) is 0 Å². The highest BCUT2D eigenvalue weighted by atomic mass is 16.5. The minimum atomic E-state index is -0.451. The summed E-state index contributed by atoms with van der Waals surface area (Å²) in [5.74, 6) is 0.632. The number of piperazine rings is 1. The van der Waals surface area contributed by atoms with E-state index in [-0.39, 0.29) is 12.3 Å². The number of hydrogen-bond acceptors (Lipinski definition) is 5. The first-order valence-corrected chi connectivity index (χ1v) is 10.2. The first-order valence-electron chi connectivity index (χ1n) is 10.2. The zero-order chi connectivity index (χ0) is 21.3.